The number of carbonyl (C=O) groups excluding carboxylic acids is 2. The van der Waals surface area contributed by atoms with Crippen molar-refractivity contribution in [3.63, 3.8) is 0 Å². The summed E-state index contributed by atoms with van der Waals surface area (Å²) >= 11 is 4.69. The molecule has 0 fully saturated rings. The van der Waals surface area contributed by atoms with Crippen LogP contribution in [0.1, 0.15) is 17.3 Å². The third-order valence-electron chi connectivity index (χ3n) is 1.87. The van der Waals surface area contributed by atoms with Gasteiger partial charge in [0.25, 0.3) is 5.78 Å². The van der Waals surface area contributed by atoms with Crippen molar-refractivity contribution < 1.29 is 14.3 Å². The summed E-state index contributed by atoms with van der Waals surface area (Å²) in [5.41, 5.74) is 0.375. The number of carbonyl (C=O) groups is 2. The minimum absolute atomic E-state index is 0.202. The van der Waals surface area contributed by atoms with Gasteiger partial charge in [0.05, 0.1) is 6.61 Å². The van der Waals surface area contributed by atoms with Crippen molar-refractivity contribution in [2.75, 3.05) is 12.9 Å². The van der Waals surface area contributed by atoms with Crippen LogP contribution in [0.15, 0.2) is 27.6 Å². The van der Waals surface area contributed by atoms with Gasteiger partial charge in [-0.25, -0.2) is 4.79 Å². The summed E-state index contributed by atoms with van der Waals surface area (Å²) in [6, 6.07) is 5.25. The van der Waals surface area contributed by atoms with Crippen LogP contribution < -0.4 is 0 Å². The SMILES string of the molecule is CCOC(=O)C(=O)c1cc(Br)ccc1SC. The quantitative estimate of drug-likeness (QED) is 0.371. The summed E-state index contributed by atoms with van der Waals surface area (Å²) in [4.78, 5) is 23.8. The molecule has 86 valence electrons. The summed E-state index contributed by atoms with van der Waals surface area (Å²) in [6.45, 7) is 1.87. The molecule has 0 unspecified atom stereocenters. The number of ketones is 1. The fourth-order valence-electron chi connectivity index (χ4n) is 1.16. The second kappa shape index (κ2) is 6.06. The van der Waals surface area contributed by atoms with E-state index in [-0.39, 0.29) is 6.61 Å². The van der Waals surface area contributed by atoms with Gasteiger partial charge in [-0.15, -0.1) is 11.8 Å². The number of hydrogen-bond acceptors (Lipinski definition) is 4. The number of ether oxygens (including phenoxy) is 1. The summed E-state index contributed by atoms with van der Waals surface area (Å²) in [5, 5.41) is 0. The van der Waals surface area contributed by atoms with Crippen LogP contribution >= 0.6 is 27.7 Å². The largest absolute Gasteiger partial charge is 0.460 e. The Balaban J connectivity index is 3.06. The number of esters is 1. The van der Waals surface area contributed by atoms with Gasteiger partial charge < -0.3 is 4.74 Å². The normalized spacial score (nSPS) is 9.94. The maximum atomic E-state index is 11.8. The van der Waals surface area contributed by atoms with E-state index < -0.39 is 11.8 Å². The highest BCUT2D eigenvalue weighted by molar-refractivity contribution is 9.10. The first-order valence-electron chi connectivity index (χ1n) is 4.65. The third kappa shape index (κ3) is 3.09. The Bertz CT molecular complexity index is 418. The molecule has 0 aromatic heterocycles. The van der Waals surface area contributed by atoms with Crippen LogP contribution in [0.25, 0.3) is 0 Å². The van der Waals surface area contributed by atoms with Crippen LogP contribution in [0.4, 0.5) is 0 Å². The highest BCUT2D eigenvalue weighted by atomic mass is 79.9. The van der Waals surface area contributed by atoms with Crippen LogP contribution in [0.5, 0.6) is 0 Å². The Morgan fingerprint density at radius 2 is 2.12 bits per heavy atom. The van der Waals surface area contributed by atoms with Crippen LogP contribution in [-0.2, 0) is 9.53 Å². The molecule has 0 atom stereocenters. The van der Waals surface area contributed by atoms with E-state index in [1.165, 1.54) is 11.8 Å². The average molecular weight is 303 g/mol. The molecule has 0 heterocycles. The van der Waals surface area contributed by atoms with E-state index in [1.807, 2.05) is 12.3 Å². The van der Waals surface area contributed by atoms with Crippen molar-refractivity contribution in [3.8, 4) is 0 Å². The van der Waals surface area contributed by atoms with Crippen molar-refractivity contribution in [1.29, 1.82) is 0 Å². The van der Waals surface area contributed by atoms with E-state index in [1.54, 1.807) is 19.1 Å². The lowest BCUT2D eigenvalue weighted by Gasteiger charge is -2.06. The molecule has 3 nitrogen and oxygen atoms in total. The first-order chi connectivity index (χ1) is 7.60. The molecular formula is C11H11BrO3S. The van der Waals surface area contributed by atoms with Crippen molar-refractivity contribution in [3.05, 3.63) is 28.2 Å². The van der Waals surface area contributed by atoms with Crippen LogP contribution in [-0.4, -0.2) is 24.6 Å². The molecule has 0 saturated carbocycles. The van der Waals surface area contributed by atoms with E-state index >= 15 is 0 Å². The monoisotopic (exact) mass is 302 g/mol. The van der Waals surface area contributed by atoms with E-state index in [2.05, 4.69) is 20.7 Å². The molecule has 0 aliphatic carbocycles. The summed E-state index contributed by atoms with van der Waals surface area (Å²) in [6.07, 6.45) is 1.85. The van der Waals surface area contributed by atoms with Crippen molar-refractivity contribution in [2.24, 2.45) is 0 Å². The topological polar surface area (TPSA) is 43.4 Å². The van der Waals surface area contributed by atoms with Gasteiger partial charge in [0.15, 0.2) is 0 Å². The standard InChI is InChI=1S/C11H11BrO3S/c1-3-15-11(14)10(13)8-6-7(12)4-5-9(8)16-2/h4-6H,3H2,1-2H3. The van der Waals surface area contributed by atoms with Gasteiger partial charge in [-0.2, -0.15) is 0 Å². The van der Waals surface area contributed by atoms with Crippen LogP contribution in [0, 0.1) is 0 Å². The first kappa shape index (κ1) is 13.3. The smallest absolute Gasteiger partial charge is 0.379 e. The molecule has 0 aliphatic rings. The van der Waals surface area contributed by atoms with Crippen molar-refractivity contribution in [1.82, 2.24) is 0 Å². The molecule has 0 N–H and O–H groups in total. The molecule has 0 spiro atoms. The van der Waals surface area contributed by atoms with Crippen LogP contribution in [0.3, 0.4) is 0 Å². The van der Waals surface area contributed by atoms with Gasteiger partial charge in [0.2, 0.25) is 0 Å². The van der Waals surface area contributed by atoms with Crippen molar-refractivity contribution >= 4 is 39.4 Å². The molecule has 1 aromatic carbocycles. The Kier molecular flexibility index (Phi) is 5.02. The first-order valence-corrected chi connectivity index (χ1v) is 6.67. The van der Waals surface area contributed by atoms with E-state index in [4.69, 9.17) is 0 Å². The Hall–Kier alpha value is -0.810. The predicted octanol–water partition coefficient (Wildman–Crippen LogP) is 2.92. The molecule has 0 amide bonds. The number of Topliss-reactive ketones (excluding diaryl/α,β-unsaturated/α-hetero) is 1. The Morgan fingerprint density at radius 3 is 2.69 bits per heavy atom. The zero-order valence-corrected chi connectivity index (χ0v) is 11.4. The maximum absolute atomic E-state index is 11.8. The molecule has 0 bridgehead atoms. The molecule has 16 heavy (non-hydrogen) atoms. The molecule has 0 radical (unpaired) electrons. The van der Waals surface area contributed by atoms with E-state index in [9.17, 15) is 9.59 Å². The summed E-state index contributed by atoms with van der Waals surface area (Å²) < 4.78 is 5.45. The molecule has 0 aliphatic heterocycles. The summed E-state index contributed by atoms with van der Waals surface area (Å²) in [7, 11) is 0. The van der Waals surface area contributed by atoms with Gasteiger partial charge >= 0.3 is 5.97 Å². The van der Waals surface area contributed by atoms with Crippen molar-refractivity contribution in [2.45, 2.75) is 11.8 Å². The Labute approximate surface area is 107 Å². The van der Waals surface area contributed by atoms with Crippen LogP contribution in [0.2, 0.25) is 0 Å². The fraction of sp³-hybridized carbons (Fsp3) is 0.273. The highest BCUT2D eigenvalue weighted by Crippen LogP contribution is 2.24. The lowest BCUT2D eigenvalue weighted by atomic mass is 10.1. The van der Waals surface area contributed by atoms with Gasteiger partial charge in [-0.1, -0.05) is 15.9 Å². The molecule has 1 rings (SSSR count). The number of thioether (sulfide) groups is 1. The highest BCUT2D eigenvalue weighted by Gasteiger charge is 2.20. The number of halogens is 1. The lowest BCUT2D eigenvalue weighted by molar-refractivity contribution is -0.137. The zero-order chi connectivity index (χ0) is 12.1. The summed E-state index contributed by atoms with van der Waals surface area (Å²) in [5.74, 6) is -1.41. The maximum Gasteiger partial charge on any atom is 0.379 e. The van der Waals surface area contributed by atoms with Gasteiger partial charge in [-0.05, 0) is 31.4 Å². The van der Waals surface area contributed by atoms with E-state index in [0.717, 1.165) is 9.37 Å². The average Bonchev–Trinajstić information content (AvgIpc) is 2.28. The second-order valence-electron chi connectivity index (χ2n) is 2.89. The third-order valence-corrected chi connectivity index (χ3v) is 3.16. The lowest BCUT2D eigenvalue weighted by Crippen LogP contribution is -2.18. The van der Waals surface area contributed by atoms with E-state index in [0.29, 0.717) is 5.56 Å². The second-order valence-corrected chi connectivity index (χ2v) is 4.66. The molecule has 1 aromatic rings. The molecular weight excluding hydrogens is 292 g/mol. The predicted molar refractivity (Wildman–Crippen MR) is 66.9 cm³/mol. The zero-order valence-electron chi connectivity index (χ0n) is 8.95. The minimum atomic E-state index is -0.809. The van der Waals surface area contributed by atoms with Gasteiger partial charge in [-0.3, -0.25) is 4.79 Å². The van der Waals surface area contributed by atoms with Gasteiger partial charge in [0.1, 0.15) is 0 Å². The molecule has 5 heteroatoms. The van der Waals surface area contributed by atoms with Gasteiger partial charge in [0, 0.05) is 14.9 Å². The number of rotatable bonds is 4. The minimum Gasteiger partial charge on any atom is -0.460 e. The fourth-order valence-corrected chi connectivity index (χ4v) is 2.10. The number of hydrogen-bond donors (Lipinski definition) is 0. The molecule has 0 saturated heterocycles. The number of benzene rings is 1. The Morgan fingerprint density at radius 1 is 1.44 bits per heavy atom.